The molecule has 0 spiro atoms. The summed E-state index contributed by atoms with van der Waals surface area (Å²) < 4.78 is 5.57. The van der Waals surface area contributed by atoms with Crippen LogP contribution in [0, 0.1) is 11.3 Å². The zero-order valence-corrected chi connectivity index (χ0v) is 20.4. The highest BCUT2D eigenvalue weighted by atomic mass is 16.5. The van der Waals surface area contributed by atoms with E-state index in [0.717, 1.165) is 41.5 Å². The highest BCUT2D eigenvalue weighted by Crippen LogP contribution is 2.44. The van der Waals surface area contributed by atoms with Crippen molar-refractivity contribution in [1.29, 1.82) is 0 Å². The van der Waals surface area contributed by atoms with E-state index in [1.165, 1.54) is 0 Å². The SMILES string of the molecule is CC(C)(CNC(=O)OCC1c2ccccc2-c2ccccc21)C(=O)N[C@@H]1CCCCC[C@@H]1C(=O)O. The van der Waals surface area contributed by atoms with Crippen molar-refractivity contribution in [3.8, 4) is 11.1 Å². The monoisotopic (exact) mass is 478 g/mol. The first-order valence-corrected chi connectivity index (χ1v) is 12.4. The molecular formula is C28H34N2O5. The van der Waals surface area contributed by atoms with Crippen LogP contribution in [-0.4, -0.2) is 42.3 Å². The molecule has 2 amide bonds. The Bertz CT molecular complexity index is 1050. The molecule has 35 heavy (non-hydrogen) atoms. The fraction of sp³-hybridized carbons (Fsp3) is 0.464. The molecule has 0 radical (unpaired) electrons. The number of benzene rings is 2. The lowest BCUT2D eigenvalue weighted by Gasteiger charge is -2.29. The number of amides is 2. The number of carboxylic acid groups (broad SMARTS) is 1. The second kappa shape index (κ2) is 10.5. The molecule has 4 rings (SSSR count). The molecule has 0 bridgehead atoms. The number of nitrogens with one attached hydrogen (secondary N) is 2. The van der Waals surface area contributed by atoms with Gasteiger partial charge in [-0.15, -0.1) is 0 Å². The van der Waals surface area contributed by atoms with Crippen LogP contribution < -0.4 is 10.6 Å². The Morgan fingerprint density at radius 3 is 2.17 bits per heavy atom. The van der Waals surface area contributed by atoms with Crippen LogP contribution in [0.4, 0.5) is 4.79 Å². The average Bonchev–Trinajstić information content (AvgIpc) is 2.97. The number of hydrogen-bond acceptors (Lipinski definition) is 4. The summed E-state index contributed by atoms with van der Waals surface area (Å²) >= 11 is 0. The van der Waals surface area contributed by atoms with Gasteiger partial charge in [0.2, 0.25) is 5.91 Å². The Morgan fingerprint density at radius 2 is 1.54 bits per heavy atom. The smallest absolute Gasteiger partial charge is 0.407 e. The second-order valence-corrected chi connectivity index (χ2v) is 10.2. The minimum absolute atomic E-state index is 0.0346. The molecule has 1 saturated carbocycles. The fourth-order valence-corrected chi connectivity index (χ4v) is 5.16. The molecule has 2 aliphatic carbocycles. The van der Waals surface area contributed by atoms with Gasteiger partial charge in [0.1, 0.15) is 6.61 Å². The van der Waals surface area contributed by atoms with Gasteiger partial charge in [-0.05, 0) is 48.9 Å². The molecule has 1 fully saturated rings. The van der Waals surface area contributed by atoms with E-state index in [-0.39, 0.29) is 25.0 Å². The van der Waals surface area contributed by atoms with E-state index in [1.807, 2.05) is 24.3 Å². The average molecular weight is 479 g/mol. The number of hydrogen-bond donors (Lipinski definition) is 3. The molecule has 0 heterocycles. The van der Waals surface area contributed by atoms with Crippen LogP contribution in [0.1, 0.15) is 63.0 Å². The number of alkyl carbamates (subject to hydrolysis) is 1. The first-order valence-electron chi connectivity index (χ1n) is 12.4. The van der Waals surface area contributed by atoms with E-state index in [2.05, 4.69) is 34.9 Å². The van der Waals surface area contributed by atoms with Crippen LogP contribution in [0.3, 0.4) is 0 Å². The van der Waals surface area contributed by atoms with Crippen molar-refractivity contribution in [2.45, 2.75) is 57.9 Å². The molecule has 0 saturated heterocycles. The summed E-state index contributed by atoms with van der Waals surface area (Å²) in [7, 11) is 0. The zero-order valence-electron chi connectivity index (χ0n) is 20.4. The number of carbonyl (C=O) groups is 3. The molecule has 2 aliphatic rings. The van der Waals surface area contributed by atoms with Crippen LogP contribution in [0.25, 0.3) is 11.1 Å². The normalized spacial score (nSPS) is 19.7. The Kier molecular flexibility index (Phi) is 7.43. The van der Waals surface area contributed by atoms with Gasteiger partial charge in [-0.25, -0.2) is 4.79 Å². The van der Waals surface area contributed by atoms with E-state index in [9.17, 15) is 19.5 Å². The van der Waals surface area contributed by atoms with Gasteiger partial charge >= 0.3 is 12.1 Å². The zero-order chi connectivity index (χ0) is 25.0. The molecule has 0 unspecified atom stereocenters. The third kappa shape index (κ3) is 5.50. The molecule has 2 aromatic carbocycles. The van der Waals surface area contributed by atoms with Gasteiger partial charge in [0, 0.05) is 18.5 Å². The van der Waals surface area contributed by atoms with Crippen LogP contribution in [0.5, 0.6) is 0 Å². The molecule has 0 aromatic heterocycles. The van der Waals surface area contributed by atoms with Crippen molar-refractivity contribution in [3.05, 3.63) is 59.7 Å². The van der Waals surface area contributed by atoms with Gasteiger partial charge in [0.15, 0.2) is 0 Å². The molecule has 0 aliphatic heterocycles. The quantitative estimate of drug-likeness (QED) is 0.500. The van der Waals surface area contributed by atoms with E-state index in [0.29, 0.717) is 12.8 Å². The Balaban J connectivity index is 1.32. The standard InChI is InChI=1S/C28H34N2O5/c1-28(2,26(33)30-24-15-5-3-4-14-22(24)25(31)32)17-29-27(34)35-16-23-20-12-8-6-10-18(20)19-11-7-9-13-21(19)23/h6-13,22-24H,3-5,14-17H2,1-2H3,(H,29,34)(H,30,33)(H,31,32)/t22-,24+/m0/s1. The van der Waals surface area contributed by atoms with Gasteiger partial charge in [-0.1, -0.05) is 67.8 Å². The van der Waals surface area contributed by atoms with Crippen molar-refractivity contribution in [2.75, 3.05) is 13.2 Å². The van der Waals surface area contributed by atoms with Crippen LogP contribution in [0.2, 0.25) is 0 Å². The lowest BCUT2D eigenvalue weighted by Crippen LogP contribution is -2.51. The number of ether oxygens (including phenoxy) is 1. The summed E-state index contributed by atoms with van der Waals surface area (Å²) in [5.41, 5.74) is 3.68. The largest absolute Gasteiger partial charge is 0.481 e. The van der Waals surface area contributed by atoms with Crippen molar-refractivity contribution in [2.24, 2.45) is 11.3 Å². The maximum Gasteiger partial charge on any atom is 0.407 e. The number of carboxylic acids is 1. The minimum Gasteiger partial charge on any atom is -0.481 e. The highest BCUT2D eigenvalue weighted by molar-refractivity contribution is 5.84. The van der Waals surface area contributed by atoms with Gasteiger partial charge < -0.3 is 20.5 Å². The topological polar surface area (TPSA) is 105 Å². The maximum absolute atomic E-state index is 13.0. The van der Waals surface area contributed by atoms with E-state index >= 15 is 0 Å². The Labute approximate surface area is 206 Å². The van der Waals surface area contributed by atoms with E-state index in [4.69, 9.17) is 4.74 Å². The molecular weight excluding hydrogens is 444 g/mol. The predicted octanol–water partition coefficient (Wildman–Crippen LogP) is 4.70. The number of aliphatic carboxylic acids is 1. The van der Waals surface area contributed by atoms with Crippen LogP contribution in [0.15, 0.2) is 48.5 Å². The Hall–Kier alpha value is -3.35. The van der Waals surface area contributed by atoms with Gasteiger partial charge in [0.25, 0.3) is 0 Å². The number of fused-ring (bicyclic) bond motifs is 3. The molecule has 2 aromatic rings. The van der Waals surface area contributed by atoms with Crippen molar-refractivity contribution < 1.29 is 24.2 Å². The summed E-state index contributed by atoms with van der Waals surface area (Å²) in [6, 6.07) is 15.9. The van der Waals surface area contributed by atoms with Crippen molar-refractivity contribution >= 4 is 18.0 Å². The molecule has 2 atom stereocenters. The highest BCUT2D eigenvalue weighted by Gasteiger charge is 2.35. The third-order valence-corrected chi connectivity index (χ3v) is 7.28. The van der Waals surface area contributed by atoms with Crippen molar-refractivity contribution in [1.82, 2.24) is 10.6 Å². The first-order chi connectivity index (χ1) is 16.8. The number of rotatable bonds is 7. The maximum atomic E-state index is 13.0. The minimum atomic E-state index is -0.916. The van der Waals surface area contributed by atoms with Gasteiger partial charge in [0.05, 0.1) is 11.3 Å². The molecule has 186 valence electrons. The fourth-order valence-electron chi connectivity index (χ4n) is 5.16. The molecule has 3 N–H and O–H groups in total. The molecule has 7 nitrogen and oxygen atoms in total. The van der Waals surface area contributed by atoms with Crippen LogP contribution >= 0.6 is 0 Å². The molecule has 7 heteroatoms. The van der Waals surface area contributed by atoms with Crippen LogP contribution in [-0.2, 0) is 14.3 Å². The summed E-state index contributed by atoms with van der Waals surface area (Å²) in [4.78, 5) is 37.2. The van der Waals surface area contributed by atoms with Crippen molar-refractivity contribution in [3.63, 3.8) is 0 Å². The summed E-state index contributed by atoms with van der Waals surface area (Å²) in [5, 5.41) is 15.2. The predicted molar refractivity (Wildman–Crippen MR) is 133 cm³/mol. The summed E-state index contributed by atoms with van der Waals surface area (Å²) in [6.07, 6.45) is 3.37. The lowest BCUT2D eigenvalue weighted by atomic mass is 9.89. The van der Waals surface area contributed by atoms with Gasteiger partial charge in [-0.2, -0.15) is 0 Å². The summed E-state index contributed by atoms with van der Waals surface area (Å²) in [5.74, 6) is -1.75. The first kappa shape index (κ1) is 24.8. The lowest BCUT2D eigenvalue weighted by molar-refractivity contribution is -0.143. The Morgan fingerprint density at radius 1 is 0.943 bits per heavy atom. The summed E-state index contributed by atoms with van der Waals surface area (Å²) in [6.45, 7) is 3.76. The van der Waals surface area contributed by atoms with Gasteiger partial charge in [-0.3, -0.25) is 9.59 Å². The van der Waals surface area contributed by atoms with E-state index < -0.39 is 29.4 Å². The third-order valence-electron chi connectivity index (χ3n) is 7.28. The second-order valence-electron chi connectivity index (χ2n) is 10.2. The number of carbonyl (C=O) groups excluding carboxylic acids is 2. The van der Waals surface area contributed by atoms with E-state index in [1.54, 1.807) is 13.8 Å².